The van der Waals surface area contributed by atoms with E-state index in [1.54, 1.807) is 19.2 Å². The Morgan fingerprint density at radius 2 is 1.93 bits per heavy atom. The van der Waals surface area contributed by atoms with E-state index in [1.165, 1.54) is 6.21 Å². The summed E-state index contributed by atoms with van der Waals surface area (Å²) in [6, 6.07) is 20.1. The molecule has 29 heavy (non-hydrogen) atoms. The van der Waals surface area contributed by atoms with Gasteiger partial charge in [0.15, 0.2) is 0 Å². The standard InChI is InChI=1S/C22H18N4O3/c1-29-21-9-5-4-8-16(21)18-12-19(25-24-18)22(28)26-23-13-17-15-7-3-2-6-14(15)10-11-20(17)27/h2-13,27H,1H3,(H,24,25)(H,26,28)/b23-13-. The zero-order valence-electron chi connectivity index (χ0n) is 15.6. The number of ether oxygens (including phenoxy) is 1. The third-order valence-electron chi connectivity index (χ3n) is 4.51. The zero-order chi connectivity index (χ0) is 20.2. The van der Waals surface area contributed by atoms with Gasteiger partial charge in [0.1, 0.15) is 17.2 Å². The quantitative estimate of drug-likeness (QED) is 0.360. The number of aromatic amines is 1. The molecule has 0 spiro atoms. The molecule has 144 valence electrons. The monoisotopic (exact) mass is 386 g/mol. The van der Waals surface area contributed by atoms with E-state index >= 15 is 0 Å². The summed E-state index contributed by atoms with van der Waals surface area (Å²) in [6.45, 7) is 0. The highest BCUT2D eigenvalue weighted by Crippen LogP contribution is 2.28. The number of aromatic hydroxyl groups is 1. The fourth-order valence-electron chi connectivity index (χ4n) is 3.07. The molecule has 7 nitrogen and oxygen atoms in total. The SMILES string of the molecule is COc1ccccc1-c1cc(C(=O)N/N=C\c2c(O)ccc3ccccc23)[nH]n1. The average molecular weight is 386 g/mol. The van der Waals surface area contributed by atoms with E-state index in [0.717, 1.165) is 16.3 Å². The summed E-state index contributed by atoms with van der Waals surface area (Å²) in [5.41, 5.74) is 4.59. The number of phenolic OH excluding ortho intramolecular Hbond substituents is 1. The lowest BCUT2D eigenvalue weighted by Crippen LogP contribution is -2.18. The number of para-hydroxylation sites is 1. The molecule has 0 fully saturated rings. The molecule has 7 heteroatoms. The third kappa shape index (κ3) is 3.66. The molecule has 0 atom stereocenters. The van der Waals surface area contributed by atoms with E-state index in [1.807, 2.05) is 54.6 Å². The van der Waals surface area contributed by atoms with Gasteiger partial charge in [0.05, 0.1) is 19.0 Å². The van der Waals surface area contributed by atoms with E-state index in [4.69, 9.17) is 4.74 Å². The second kappa shape index (κ2) is 7.85. The average Bonchev–Trinajstić information content (AvgIpc) is 3.25. The second-order valence-electron chi connectivity index (χ2n) is 6.29. The number of hydrogen-bond donors (Lipinski definition) is 3. The lowest BCUT2D eigenvalue weighted by molar-refractivity contribution is 0.0950. The number of amides is 1. The predicted molar refractivity (Wildman–Crippen MR) is 111 cm³/mol. The first-order valence-electron chi connectivity index (χ1n) is 8.90. The Balaban J connectivity index is 1.53. The molecule has 1 heterocycles. The van der Waals surface area contributed by atoms with Crippen molar-refractivity contribution in [2.24, 2.45) is 5.10 Å². The molecule has 1 aromatic heterocycles. The molecule has 0 unspecified atom stereocenters. The van der Waals surface area contributed by atoms with Crippen molar-refractivity contribution in [2.45, 2.75) is 0 Å². The maximum absolute atomic E-state index is 12.4. The molecule has 0 aliphatic rings. The Bertz CT molecular complexity index is 1210. The van der Waals surface area contributed by atoms with Crippen LogP contribution >= 0.6 is 0 Å². The highest BCUT2D eigenvalue weighted by molar-refractivity contribution is 6.03. The van der Waals surface area contributed by atoms with Gasteiger partial charge in [-0.2, -0.15) is 10.2 Å². The van der Waals surface area contributed by atoms with Gasteiger partial charge >= 0.3 is 0 Å². The Kier molecular flexibility index (Phi) is 4.94. The van der Waals surface area contributed by atoms with Crippen LogP contribution in [0.5, 0.6) is 11.5 Å². The van der Waals surface area contributed by atoms with Crippen molar-refractivity contribution in [2.75, 3.05) is 7.11 Å². The summed E-state index contributed by atoms with van der Waals surface area (Å²) in [5.74, 6) is 0.298. The summed E-state index contributed by atoms with van der Waals surface area (Å²) in [4.78, 5) is 12.4. The van der Waals surface area contributed by atoms with Gasteiger partial charge in [-0.3, -0.25) is 9.89 Å². The van der Waals surface area contributed by atoms with Gasteiger partial charge in [-0.15, -0.1) is 0 Å². The molecular weight excluding hydrogens is 368 g/mol. The molecule has 0 bridgehead atoms. The van der Waals surface area contributed by atoms with Gasteiger partial charge in [-0.05, 0) is 35.0 Å². The number of aromatic nitrogens is 2. The first-order valence-corrected chi connectivity index (χ1v) is 8.90. The van der Waals surface area contributed by atoms with Crippen LogP contribution in [0, 0.1) is 0 Å². The van der Waals surface area contributed by atoms with E-state index in [9.17, 15) is 9.90 Å². The van der Waals surface area contributed by atoms with Crippen molar-refractivity contribution in [1.82, 2.24) is 15.6 Å². The number of carbonyl (C=O) groups is 1. The molecule has 0 saturated heterocycles. The molecule has 3 aromatic carbocycles. The Morgan fingerprint density at radius 1 is 1.14 bits per heavy atom. The number of carbonyl (C=O) groups excluding carboxylic acids is 1. The number of rotatable bonds is 5. The zero-order valence-corrected chi connectivity index (χ0v) is 15.6. The number of phenols is 1. The van der Waals surface area contributed by atoms with E-state index < -0.39 is 5.91 Å². The van der Waals surface area contributed by atoms with Crippen molar-refractivity contribution in [3.05, 3.63) is 78.0 Å². The first-order chi connectivity index (χ1) is 14.2. The largest absolute Gasteiger partial charge is 0.507 e. The van der Waals surface area contributed by atoms with E-state index in [-0.39, 0.29) is 11.4 Å². The highest BCUT2D eigenvalue weighted by atomic mass is 16.5. The third-order valence-corrected chi connectivity index (χ3v) is 4.51. The van der Waals surface area contributed by atoms with Gasteiger partial charge in [0.2, 0.25) is 0 Å². The molecule has 1 amide bonds. The summed E-state index contributed by atoms with van der Waals surface area (Å²) in [6.07, 6.45) is 1.42. The molecule has 0 aliphatic heterocycles. The summed E-state index contributed by atoms with van der Waals surface area (Å²) in [5, 5.41) is 22.8. The van der Waals surface area contributed by atoms with Gasteiger partial charge in [-0.25, -0.2) is 5.43 Å². The molecule has 0 saturated carbocycles. The second-order valence-corrected chi connectivity index (χ2v) is 6.29. The number of hydrazone groups is 1. The van der Waals surface area contributed by atoms with E-state index in [0.29, 0.717) is 17.0 Å². The van der Waals surface area contributed by atoms with Gasteiger partial charge < -0.3 is 9.84 Å². The Labute approximate surface area is 166 Å². The molecule has 4 rings (SSSR count). The van der Waals surface area contributed by atoms with E-state index in [2.05, 4.69) is 20.7 Å². The number of methoxy groups -OCH3 is 1. The lowest BCUT2D eigenvalue weighted by Gasteiger charge is -2.04. The Hall–Kier alpha value is -4.13. The number of fused-ring (bicyclic) bond motifs is 1. The van der Waals surface area contributed by atoms with Gasteiger partial charge in [0, 0.05) is 11.1 Å². The summed E-state index contributed by atoms with van der Waals surface area (Å²) >= 11 is 0. The Morgan fingerprint density at radius 3 is 2.79 bits per heavy atom. The van der Waals surface area contributed by atoms with Crippen LogP contribution in [-0.2, 0) is 0 Å². The van der Waals surface area contributed by atoms with Crippen molar-refractivity contribution in [3.8, 4) is 22.8 Å². The topological polar surface area (TPSA) is 99.6 Å². The van der Waals surface area contributed by atoms with Crippen LogP contribution < -0.4 is 10.2 Å². The fourth-order valence-corrected chi connectivity index (χ4v) is 3.07. The van der Waals surface area contributed by atoms with Gasteiger partial charge in [-0.1, -0.05) is 42.5 Å². The number of nitrogens with one attached hydrogen (secondary N) is 2. The van der Waals surface area contributed by atoms with Gasteiger partial charge in [0.25, 0.3) is 5.91 Å². The fraction of sp³-hybridized carbons (Fsp3) is 0.0455. The molecule has 4 aromatic rings. The number of nitrogens with zero attached hydrogens (tertiary/aromatic N) is 2. The van der Waals surface area contributed by atoms with Crippen LogP contribution in [-0.4, -0.2) is 34.5 Å². The summed E-state index contributed by atoms with van der Waals surface area (Å²) in [7, 11) is 1.58. The predicted octanol–water partition coefficient (Wildman–Crippen LogP) is 3.71. The number of H-pyrrole nitrogens is 1. The van der Waals surface area contributed by atoms with Crippen LogP contribution in [0.15, 0.2) is 71.8 Å². The van der Waals surface area contributed by atoms with Crippen LogP contribution in [0.1, 0.15) is 16.1 Å². The minimum absolute atomic E-state index is 0.0849. The van der Waals surface area contributed by atoms with Crippen molar-refractivity contribution < 1.29 is 14.6 Å². The van der Waals surface area contributed by atoms with Crippen LogP contribution in [0.2, 0.25) is 0 Å². The number of benzene rings is 3. The normalized spacial score (nSPS) is 11.1. The smallest absolute Gasteiger partial charge is 0.289 e. The van der Waals surface area contributed by atoms with Crippen LogP contribution in [0.4, 0.5) is 0 Å². The molecule has 0 aliphatic carbocycles. The minimum Gasteiger partial charge on any atom is -0.507 e. The maximum Gasteiger partial charge on any atom is 0.289 e. The van der Waals surface area contributed by atoms with Crippen LogP contribution in [0.3, 0.4) is 0 Å². The lowest BCUT2D eigenvalue weighted by atomic mass is 10.0. The first kappa shape index (κ1) is 18.2. The summed E-state index contributed by atoms with van der Waals surface area (Å²) < 4.78 is 5.33. The maximum atomic E-state index is 12.4. The van der Waals surface area contributed by atoms with Crippen molar-refractivity contribution >= 4 is 22.9 Å². The minimum atomic E-state index is -0.449. The van der Waals surface area contributed by atoms with Crippen molar-refractivity contribution in [3.63, 3.8) is 0 Å². The molecule has 3 N–H and O–H groups in total. The number of hydrogen-bond acceptors (Lipinski definition) is 5. The highest BCUT2D eigenvalue weighted by Gasteiger charge is 2.13. The molecule has 0 radical (unpaired) electrons. The van der Waals surface area contributed by atoms with Crippen LogP contribution in [0.25, 0.3) is 22.0 Å². The molecular formula is C22H18N4O3. The van der Waals surface area contributed by atoms with Crippen molar-refractivity contribution in [1.29, 1.82) is 0 Å².